The first-order valence-corrected chi connectivity index (χ1v) is 6.32. The summed E-state index contributed by atoms with van der Waals surface area (Å²) < 4.78 is 19.1. The molecule has 2 aromatic rings. The van der Waals surface area contributed by atoms with Crippen molar-refractivity contribution in [2.75, 3.05) is 7.11 Å². The van der Waals surface area contributed by atoms with Crippen molar-refractivity contribution in [2.45, 2.75) is 10.8 Å². The Morgan fingerprint density at radius 1 is 1.33 bits per heavy atom. The van der Waals surface area contributed by atoms with Crippen LogP contribution < -0.4 is 9.47 Å². The lowest BCUT2D eigenvalue weighted by Crippen LogP contribution is -2.27. The minimum Gasteiger partial charge on any atom is -0.618 e. The van der Waals surface area contributed by atoms with E-state index >= 15 is 0 Å². The molecule has 0 bridgehead atoms. The van der Waals surface area contributed by atoms with Crippen LogP contribution in [0.5, 0.6) is 5.75 Å². The highest BCUT2D eigenvalue weighted by atomic mass is 32.2. The van der Waals surface area contributed by atoms with Crippen LogP contribution in [0.15, 0.2) is 47.6 Å². The third-order valence-electron chi connectivity index (χ3n) is 2.39. The van der Waals surface area contributed by atoms with Gasteiger partial charge in [0, 0.05) is 17.9 Å². The summed E-state index contributed by atoms with van der Waals surface area (Å²) >= 11 is 1.37. The Hall–Kier alpha value is -1.75. The van der Waals surface area contributed by atoms with E-state index in [1.807, 2.05) is 0 Å². The number of thioether (sulfide) groups is 1. The Balaban J connectivity index is 2.07. The van der Waals surface area contributed by atoms with Crippen molar-refractivity contribution in [3.8, 4) is 5.75 Å². The summed E-state index contributed by atoms with van der Waals surface area (Å²) in [4.78, 5) is 0. The van der Waals surface area contributed by atoms with Gasteiger partial charge >= 0.3 is 0 Å². The van der Waals surface area contributed by atoms with E-state index in [1.54, 1.807) is 30.3 Å². The van der Waals surface area contributed by atoms with Crippen LogP contribution in [-0.4, -0.2) is 7.11 Å². The number of hydrogen-bond donors (Lipinski definition) is 0. The number of methoxy groups -OCH3 is 1. The molecule has 0 spiro atoms. The van der Waals surface area contributed by atoms with Crippen LogP contribution in [-0.2, 0) is 5.75 Å². The molecule has 0 amide bonds. The van der Waals surface area contributed by atoms with E-state index in [0.29, 0.717) is 10.8 Å². The second kappa shape index (κ2) is 5.73. The van der Waals surface area contributed by atoms with Crippen molar-refractivity contribution >= 4 is 11.8 Å². The summed E-state index contributed by atoms with van der Waals surface area (Å²) in [5.41, 5.74) is 0.808. The van der Waals surface area contributed by atoms with Crippen molar-refractivity contribution in [2.24, 2.45) is 0 Å². The maximum absolute atomic E-state index is 13.5. The molecule has 1 aromatic carbocycles. The number of aromatic nitrogens is 1. The fraction of sp³-hybridized carbons (Fsp3) is 0.154. The summed E-state index contributed by atoms with van der Waals surface area (Å²) in [6, 6.07) is 9.99. The van der Waals surface area contributed by atoms with Crippen molar-refractivity contribution in [1.82, 2.24) is 0 Å². The summed E-state index contributed by atoms with van der Waals surface area (Å²) in [6.07, 6.45) is 1.44. The summed E-state index contributed by atoms with van der Waals surface area (Å²) in [7, 11) is 1.43. The molecule has 0 fully saturated rings. The van der Waals surface area contributed by atoms with Gasteiger partial charge in [-0.2, -0.15) is 4.73 Å². The molecular weight excluding hydrogens is 253 g/mol. The first-order valence-electron chi connectivity index (χ1n) is 5.34. The SMILES string of the molecule is COc1ccc(CSc2cccc[n+]2[O-])cc1F. The van der Waals surface area contributed by atoms with Crippen LogP contribution >= 0.6 is 11.8 Å². The van der Waals surface area contributed by atoms with Crippen LogP contribution in [0.1, 0.15) is 5.56 Å². The molecule has 2 rings (SSSR count). The van der Waals surface area contributed by atoms with Gasteiger partial charge in [-0.1, -0.05) is 17.8 Å². The average Bonchev–Trinajstić information content (AvgIpc) is 2.38. The van der Waals surface area contributed by atoms with Gasteiger partial charge in [0.1, 0.15) is 0 Å². The fourth-order valence-electron chi connectivity index (χ4n) is 1.48. The zero-order chi connectivity index (χ0) is 13.0. The smallest absolute Gasteiger partial charge is 0.251 e. The van der Waals surface area contributed by atoms with Crippen molar-refractivity contribution in [3.05, 3.63) is 59.2 Å². The number of hydrogen-bond acceptors (Lipinski definition) is 3. The van der Waals surface area contributed by atoms with Gasteiger partial charge in [0.25, 0.3) is 5.03 Å². The summed E-state index contributed by atoms with van der Waals surface area (Å²) in [5.74, 6) is 0.369. The standard InChI is InChI=1S/C13H12FNO2S/c1-17-12-6-5-10(8-11(12)14)9-18-13-4-2-3-7-15(13)16/h2-8H,9H2,1H3. The quantitative estimate of drug-likeness (QED) is 0.484. The van der Waals surface area contributed by atoms with E-state index in [-0.39, 0.29) is 5.75 Å². The normalized spacial score (nSPS) is 10.3. The van der Waals surface area contributed by atoms with Crippen molar-refractivity contribution in [3.63, 3.8) is 0 Å². The Labute approximate surface area is 109 Å². The fourth-order valence-corrected chi connectivity index (χ4v) is 2.34. The predicted octanol–water partition coefficient (Wildman–Crippen LogP) is 2.76. The van der Waals surface area contributed by atoms with Gasteiger partial charge in [-0.05, 0) is 23.8 Å². The zero-order valence-electron chi connectivity index (χ0n) is 9.80. The van der Waals surface area contributed by atoms with Gasteiger partial charge in [-0.3, -0.25) is 0 Å². The molecule has 3 nitrogen and oxygen atoms in total. The number of halogens is 1. The Kier molecular flexibility index (Phi) is 4.04. The molecule has 0 unspecified atom stereocenters. The number of rotatable bonds is 4. The lowest BCUT2D eigenvalue weighted by Gasteiger charge is -2.05. The summed E-state index contributed by atoms with van der Waals surface area (Å²) in [5, 5.41) is 12.0. The molecule has 5 heteroatoms. The molecule has 1 aromatic heterocycles. The molecule has 0 atom stereocenters. The van der Waals surface area contributed by atoms with Crippen LogP contribution in [0, 0.1) is 11.0 Å². The third-order valence-corrected chi connectivity index (χ3v) is 3.48. The second-order valence-corrected chi connectivity index (χ2v) is 4.62. The van der Waals surface area contributed by atoms with Gasteiger partial charge in [0.2, 0.25) is 0 Å². The number of benzene rings is 1. The van der Waals surface area contributed by atoms with Gasteiger partial charge in [-0.15, -0.1) is 0 Å². The van der Waals surface area contributed by atoms with Crippen molar-refractivity contribution in [1.29, 1.82) is 0 Å². The topological polar surface area (TPSA) is 36.2 Å². The Morgan fingerprint density at radius 3 is 2.83 bits per heavy atom. The van der Waals surface area contributed by atoms with Crippen LogP contribution in [0.3, 0.4) is 0 Å². The molecular formula is C13H12FNO2S. The molecule has 0 radical (unpaired) electrons. The predicted molar refractivity (Wildman–Crippen MR) is 67.9 cm³/mol. The largest absolute Gasteiger partial charge is 0.618 e. The monoisotopic (exact) mass is 265 g/mol. The molecule has 0 saturated heterocycles. The first kappa shape index (κ1) is 12.7. The molecule has 0 aliphatic carbocycles. The molecule has 0 saturated carbocycles. The highest BCUT2D eigenvalue weighted by Crippen LogP contribution is 2.23. The Morgan fingerprint density at radius 2 is 2.17 bits per heavy atom. The van der Waals surface area contributed by atoms with Gasteiger partial charge in [0.15, 0.2) is 17.8 Å². The minimum absolute atomic E-state index is 0.224. The molecule has 0 aliphatic rings. The van der Waals surface area contributed by atoms with Crippen LogP contribution in [0.4, 0.5) is 4.39 Å². The lowest BCUT2D eigenvalue weighted by atomic mass is 10.2. The van der Waals surface area contributed by atoms with E-state index in [2.05, 4.69) is 0 Å². The molecule has 0 N–H and O–H groups in total. The number of ether oxygens (including phenoxy) is 1. The second-order valence-electron chi connectivity index (χ2n) is 3.62. The highest BCUT2D eigenvalue weighted by molar-refractivity contribution is 7.98. The highest BCUT2D eigenvalue weighted by Gasteiger charge is 2.07. The molecule has 18 heavy (non-hydrogen) atoms. The summed E-state index contributed by atoms with van der Waals surface area (Å²) in [6.45, 7) is 0. The maximum atomic E-state index is 13.5. The van der Waals surface area contributed by atoms with E-state index in [0.717, 1.165) is 10.3 Å². The number of pyridine rings is 1. The van der Waals surface area contributed by atoms with E-state index in [9.17, 15) is 9.60 Å². The molecule has 1 heterocycles. The maximum Gasteiger partial charge on any atom is 0.251 e. The Bertz CT molecular complexity index is 548. The van der Waals surface area contributed by atoms with Crippen molar-refractivity contribution < 1.29 is 13.9 Å². The van der Waals surface area contributed by atoms with Gasteiger partial charge in [0.05, 0.1) is 7.11 Å². The first-order chi connectivity index (χ1) is 8.70. The van der Waals surface area contributed by atoms with E-state index in [4.69, 9.17) is 4.74 Å². The van der Waals surface area contributed by atoms with Gasteiger partial charge in [-0.25, -0.2) is 4.39 Å². The molecule has 0 aliphatic heterocycles. The number of nitrogens with zero attached hydrogens (tertiary/aromatic N) is 1. The average molecular weight is 265 g/mol. The minimum atomic E-state index is -0.390. The van der Waals surface area contributed by atoms with Crippen LogP contribution in [0.25, 0.3) is 0 Å². The zero-order valence-corrected chi connectivity index (χ0v) is 10.6. The van der Waals surface area contributed by atoms with E-state index in [1.165, 1.54) is 31.1 Å². The van der Waals surface area contributed by atoms with E-state index < -0.39 is 5.82 Å². The van der Waals surface area contributed by atoms with Crippen LogP contribution in [0.2, 0.25) is 0 Å². The third kappa shape index (κ3) is 2.92. The lowest BCUT2D eigenvalue weighted by molar-refractivity contribution is -0.645. The molecule has 94 valence electrons. The van der Waals surface area contributed by atoms with Gasteiger partial charge < -0.3 is 9.94 Å².